The minimum absolute atomic E-state index is 0.173. The van der Waals surface area contributed by atoms with Crippen molar-refractivity contribution >= 4 is 39.4 Å². The Morgan fingerprint density at radius 1 is 1.21 bits per heavy atom. The third-order valence-corrected chi connectivity index (χ3v) is 3.73. The van der Waals surface area contributed by atoms with Gasteiger partial charge in [-0.25, -0.2) is 0 Å². The van der Waals surface area contributed by atoms with E-state index in [2.05, 4.69) is 18.2 Å². The van der Waals surface area contributed by atoms with Crippen LogP contribution in [-0.4, -0.2) is 10.9 Å². The molecule has 2 rings (SSSR count). The molecule has 0 spiro atoms. The number of hydrogen-bond donors (Lipinski definition) is 1. The summed E-state index contributed by atoms with van der Waals surface area (Å²) in [6, 6.07) is 12.1. The molecule has 2 aromatic rings. The minimum Gasteiger partial charge on any atom is -0.398 e. The van der Waals surface area contributed by atoms with Gasteiger partial charge in [0.2, 0.25) is 0 Å². The number of nitrogen functional groups attached to an aromatic ring is 1. The molecule has 0 bridgehead atoms. The van der Waals surface area contributed by atoms with E-state index in [0.717, 1.165) is 34.2 Å². The summed E-state index contributed by atoms with van der Waals surface area (Å²) in [4.78, 5) is 10.8. The number of hydrogen-bond acceptors (Lipinski definition) is 3. The van der Waals surface area contributed by atoms with Gasteiger partial charge in [-0.3, -0.25) is 4.79 Å². The molecule has 19 heavy (non-hydrogen) atoms. The second kappa shape index (κ2) is 6.43. The van der Waals surface area contributed by atoms with Crippen LogP contribution in [0, 0.1) is 0 Å². The van der Waals surface area contributed by atoms with Gasteiger partial charge in [-0.05, 0) is 23.4 Å². The summed E-state index contributed by atoms with van der Waals surface area (Å²) in [7, 11) is 0. The van der Waals surface area contributed by atoms with Crippen molar-refractivity contribution in [3.8, 4) is 0 Å². The average Bonchev–Trinajstić information content (AvgIpc) is 2.41. The Morgan fingerprint density at radius 2 is 1.95 bits per heavy atom. The number of benzene rings is 2. The number of anilines is 1. The zero-order valence-electron chi connectivity index (χ0n) is 10.9. The molecule has 0 aliphatic heterocycles. The van der Waals surface area contributed by atoms with Crippen LogP contribution in [0.4, 0.5) is 5.69 Å². The zero-order valence-corrected chi connectivity index (χ0v) is 11.7. The summed E-state index contributed by atoms with van der Waals surface area (Å²) in [5.41, 5.74) is 7.94. The van der Waals surface area contributed by atoms with Gasteiger partial charge in [0.25, 0.3) is 0 Å². The van der Waals surface area contributed by atoms with Crippen molar-refractivity contribution in [2.45, 2.75) is 13.3 Å². The topological polar surface area (TPSA) is 43.1 Å². The maximum Gasteiger partial charge on any atom is 0.185 e. The third kappa shape index (κ3) is 3.61. The Hall–Kier alpha value is -1.74. The van der Waals surface area contributed by atoms with E-state index in [-0.39, 0.29) is 5.12 Å². The van der Waals surface area contributed by atoms with Crippen LogP contribution in [0.1, 0.15) is 18.9 Å². The SMILES string of the molecule is CC(=O)SCCC=Cc1ccc(N)c2ccccc12. The maximum atomic E-state index is 10.8. The largest absolute Gasteiger partial charge is 0.398 e. The molecule has 2 N–H and O–H groups in total. The highest BCUT2D eigenvalue weighted by molar-refractivity contribution is 8.13. The summed E-state index contributed by atoms with van der Waals surface area (Å²) >= 11 is 1.36. The Labute approximate surface area is 117 Å². The van der Waals surface area contributed by atoms with Crippen LogP contribution in [0.25, 0.3) is 16.8 Å². The van der Waals surface area contributed by atoms with Gasteiger partial charge >= 0.3 is 0 Å². The molecule has 0 aliphatic carbocycles. The molecule has 0 heterocycles. The fraction of sp³-hybridized carbons (Fsp3) is 0.188. The fourth-order valence-corrected chi connectivity index (χ4v) is 2.51. The number of rotatable bonds is 4. The number of fused-ring (bicyclic) bond motifs is 1. The highest BCUT2D eigenvalue weighted by atomic mass is 32.2. The molecule has 0 radical (unpaired) electrons. The van der Waals surface area contributed by atoms with Crippen molar-refractivity contribution in [1.29, 1.82) is 0 Å². The first-order chi connectivity index (χ1) is 9.18. The van der Waals surface area contributed by atoms with Crippen molar-refractivity contribution in [2.75, 3.05) is 11.5 Å². The number of thioether (sulfide) groups is 1. The Balaban J connectivity index is 2.15. The second-order valence-electron chi connectivity index (χ2n) is 4.32. The van der Waals surface area contributed by atoms with Gasteiger partial charge in [-0.15, -0.1) is 0 Å². The van der Waals surface area contributed by atoms with E-state index in [1.165, 1.54) is 11.8 Å². The van der Waals surface area contributed by atoms with E-state index in [1.807, 2.05) is 30.3 Å². The lowest BCUT2D eigenvalue weighted by molar-refractivity contribution is -0.109. The van der Waals surface area contributed by atoms with E-state index in [9.17, 15) is 4.79 Å². The number of carbonyl (C=O) groups excluding carboxylic acids is 1. The fourth-order valence-electron chi connectivity index (χ4n) is 1.97. The Bertz CT molecular complexity index is 619. The Kier molecular flexibility index (Phi) is 4.63. The second-order valence-corrected chi connectivity index (χ2v) is 5.59. The molecule has 3 heteroatoms. The molecule has 0 amide bonds. The van der Waals surface area contributed by atoms with Crippen molar-refractivity contribution in [3.63, 3.8) is 0 Å². The molecule has 0 fully saturated rings. The van der Waals surface area contributed by atoms with E-state index < -0.39 is 0 Å². The Morgan fingerprint density at radius 3 is 2.68 bits per heavy atom. The van der Waals surface area contributed by atoms with E-state index >= 15 is 0 Å². The standard InChI is InChI=1S/C16H17NOS/c1-12(18)19-11-5-4-6-13-9-10-16(17)15-8-3-2-7-14(13)15/h2-4,6-10H,5,11,17H2,1H3. The number of nitrogens with two attached hydrogens (primary N) is 1. The molecule has 0 saturated heterocycles. The van der Waals surface area contributed by atoms with Crippen molar-refractivity contribution in [1.82, 2.24) is 0 Å². The van der Waals surface area contributed by atoms with E-state index in [1.54, 1.807) is 6.92 Å². The van der Waals surface area contributed by atoms with Crippen LogP contribution in [-0.2, 0) is 4.79 Å². The van der Waals surface area contributed by atoms with E-state index in [0.29, 0.717) is 0 Å². The van der Waals surface area contributed by atoms with Gasteiger partial charge in [0, 0.05) is 23.8 Å². The summed E-state index contributed by atoms with van der Waals surface area (Å²) in [5.74, 6) is 0.832. The summed E-state index contributed by atoms with van der Waals surface area (Å²) in [6.45, 7) is 1.60. The average molecular weight is 271 g/mol. The van der Waals surface area contributed by atoms with Gasteiger partial charge < -0.3 is 5.73 Å². The van der Waals surface area contributed by atoms with Crippen molar-refractivity contribution in [3.05, 3.63) is 48.0 Å². The lowest BCUT2D eigenvalue weighted by Gasteiger charge is -2.05. The van der Waals surface area contributed by atoms with Crippen LogP contribution < -0.4 is 5.73 Å². The van der Waals surface area contributed by atoms with Crippen LogP contribution in [0.15, 0.2) is 42.5 Å². The molecule has 0 unspecified atom stereocenters. The molecular weight excluding hydrogens is 254 g/mol. The molecule has 0 aromatic heterocycles. The maximum absolute atomic E-state index is 10.8. The normalized spacial score (nSPS) is 11.2. The first-order valence-corrected chi connectivity index (χ1v) is 7.24. The molecule has 0 aliphatic rings. The van der Waals surface area contributed by atoms with Gasteiger partial charge in [0.1, 0.15) is 0 Å². The minimum atomic E-state index is 0.173. The van der Waals surface area contributed by atoms with Crippen molar-refractivity contribution < 1.29 is 4.79 Å². The number of carbonyl (C=O) groups is 1. The van der Waals surface area contributed by atoms with Crippen LogP contribution in [0.5, 0.6) is 0 Å². The predicted octanol–water partition coefficient (Wildman–Crippen LogP) is 4.11. The molecule has 0 atom stereocenters. The monoisotopic (exact) mass is 271 g/mol. The summed E-state index contributed by atoms with van der Waals surface area (Å²) < 4.78 is 0. The van der Waals surface area contributed by atoms with Gasteiger partial charge in [0.15, 0.2) is 5.12 Å². The smallest absolute Gasteiger partial charge is 0.185 e. The van der Waals surface area contributed by atoms with Gasteiger partial charge in [-0.2, -0.15) is 0 Å². The molecule has 98 valence electrons. The summed E-state index contributed by atoms with van der Waals surface area (Å²) in [5, 5.41) is 2.42. The van der Waals surface area contributed by atoms with Crippen LogP contribution in [0.2, 0.25) is 0 Å². The molecular formula is C16H17NOS. The lowest BCUT2D eigenvalue weighted by atomic mass is 10.0. The summed E-state index contributed by atoms with van der Waals surface area (Å²) in [6.07, 6.45) is 5.10. The first kappa shape index (κ1) is 13.7. The van der Waals surface area contributed by atoms with Gasteiger partial charge in [0.05, 0.1) is 0 Å². The lowest BCUT2D eigenvalue weighted by Crippen LogP contribution is -1.88. The van der Waals surface area contributed by atoms with Crippen LogP contribution in [0.3, 0.4) is 0 Å². The quantitative estimate of drug-likeness (QED) is 0.672. The van der Waals surface area contributed by atoms with E-state index in [4.69, 9.17) is 5.73 Å². The molecule has 2 nitrogen and oxygen atoms in total. The highest BCUT2D eigenvalue weighted by Gasteiger charge is 2.00. The first-order valence-electron chi connectivity index (χ1n) is 6.25. The van der Waals surface area contributed by atoms with Gasteiger partial charge in [-0.1, -0.05) is 54.2 Å². The highest BCUT2D eigenvalue weighted by Crippen LogP contribution is 2.25. The zero-order chi connectivity index (χ0) is 13.7. The van der Waals surface area contributed by atoms with Crippen LogP contribution >= 0.6 is 11.8 Å². The molecule has 2 aromatic carbocycles. The molecule has 0 saturated carbocycles. The van der Waals surface area contributed by atoms with Crippen molar-refractivity contribution in [2.24, 2.45) is 0 Å². The predicted molar refractivity (Wildman–Crippen MR) is 85.2 cm³/mol. The number of allylic oxidation sites excluding steroid dienone is 1. The third-order valence-electron chi connectivity index (χ3n) is 2.88.